The predicted octanol–water partition coefficient (Wildman–Crippen LogP) is 1.95. The Morgan fingerprint density at radius 1 is 0.950 bits per heavy atom. The van der Waals surface area contributed by atoms with Gasteiger partial charge in [0.2, 0.25) is 0 Å². The highest BCUT2D eigenvalue weighted by Crippen LogP contribution is 2.45. The number of hydrogen-bond acceptors (Lipinski definition) is 4. The van der Waals surface area contributed by atoms with E-state index in [1.54, 1.807) is 0 Å². The van der Waals surface area contributed by atoms with Crippen LogP contribution < -0.4 is 0 Å². The second-order valence-electron chi connectivity index (χ2n) is 4.86. The third-order valence-corrected chi connectivity index (χ3v) is 3.64. The van der Waals surface area contributed by atoms with E-state index >= 15 is 0 Å². The fraction of sp³-hybridized carbons (Fsp3) is 0.375. The van der Waals surface area contributed by atoms with Crippen LogP contribution in [-0.4, -0.2) is 36.6 Å². The minimum atomic E-state index is -0.631. The molecule has 0 saturated heterocycles. The van der Waals surface area contributed by atoms with E-state index < -0.39 is 6.10 Å². The van der Waals surface area contributed by atoms with Crippen LogP contribution in [0.15, 0.2) is 36.4 Å². The Labute approximate surface area is 117 Å². The normalized spacial score (nSPS) is 20.7. The second-order valence-corrected chi connectivity index (χ2v) is 4.86. The molecule has 0 spiro atoms. The molecule has 0 aliphatic heterocycles. The molecule has 2 aromatic rings. The molecule has 0 aromatic heterocycles. The molecule has 0 fully saturated rings. The fourth-order valence-electron chi connectivity index (χ4n) is 2.80. The first kappa shape index (κ1) is 13.5. The maximum Gasteiger partial charge on any atom is 0.113 e. The van der Waals surface area contributed by atoms with Crippen molar-refractivity contribution >= 4 is 10.8 Å². The lowest BCUT2D eigenvalue weighted by atomic mass is 10.1. The summed E-state index contributed by atoms with van der Waals surface area (Å²) >= 11 is 0. The summed E-state index contributed by atoms with van der Waals surface area (Å²) in [4.78, 5) is 0. The molecule has 0 radical (unpaired) electrons. The van der Waals surface area contributed by atoms with Crippen molar-refractivity contribution in [3.63, 3.8) is 0 Å². The van der Waals surface area contributed by atoms with Gasteiger partial charge in [-0.2, -0.15) is 0 Å². The van der Waals surface area contributed by atoms with Crippen LogP contribution in [0.25, 0.3) is 10.8 Å². The molecule has 0 bridgehead atoms. The lowest BCUT2D eigenvalue weighted by molar-refractivity contribution is -0.0567. The van der Waals surface area contributed by atoms with Crippen molar-refractivity contribution in [2.45, 2.75) is 12.2 Å². The largest absolute Gasteiger partial charge is 0.394 e. The van der Waals surface area contributed by atoms with E-state index in [1.807, 2.05) is 36.4 Å². The van der Waals surface area contributed by atoms with Gasteiger partial charge in [0, 0.05) is 0 Å². The average Bonchev–Trinajstić information content (AvgIpc) is 2.75. The number of aliphatic hydroxyl groups excluding tert-OH is 2. The van der Waals surface area contributed by atoms with E-state index in [1.165, 1.54) is 0 Å². The summed E-state index contributed by atoms with van der Waals surface area (Å²) in [6.45, 7) is 1.13. The fourth-order valence-corrected chi connectivity index (χ4v) is 2.80. The lowest BCUT2D eigenvalue weighted by Crippen LogP contribution is -2.14. The molecule has 0 saturated carbocycles. The molecule has 3 rings (SSSR count). The van der Waals surface area contributed by atoms with Gasteiger partial charge in [0.05, 0.1) is 26.4 Å². The second kappa shape index (κ2) is 5.89. The molecule has 2 atom stereocenters. The van der Waals surface area contributed by atoms with E-state index in [4.69, 9.17) is 14.6 Å². The van der Waals surface area contributed by atoms with Crippen LogP contribution in [0.5, 0.6) is 0 Å². The first-order chi connectivity index (χ1) is 9.83. The third-order valence-electron chi connectivity index (χ3n) is 3.64. The molecule has 1 aliphatic rings. The van der Waals surface area contributed by atoms with Crippen LogP contribution >= 0.6 is 0 Å². The monoisotopic (exact) mass is 274 g/mol. The Hall–Kier alpha value is -1.46. The smallest absolute Gasteiger partial charge is 0.113 e. The minimum absolute atomic E-state index is 0.0107. The number of rotatable bonds is 6. The van der Waals surface area contributed by atoms with E-state index in [2.05, 4.69) is 0 Å². The molecule has 4 heteroatoms. The zero-order chi connectivity index (χ0) is 13.9. The molecule has 4 nitrogen and oxygen atoms in total. The predicted molar refractivity (Wildman–Crippen MR) is 75.5 cm³/mol. The van der Waals surface area contributed by atoms with Crippen molar-refractivity contribution in [2.75, 3.05) is 26.4 Å². The SMILES string of the molecule is OCCOCCO[C@H]1c2cccc3cccc(c23)[C@@H]1O. The van der Waals surface area contributed by atoms with Crippen molar-refractivity contribution in [1.82, 2.24) is 0 Å². The molecule has 106 valence electrons. The van der Waals surface area contributed by atoms with Gasteiger partial charge in [-0.25, -0.2) is 0 Å². The summed E-state index contributed by atoms with van der Waals surface area (Å²) in [5.74, 6) is 0. The van der Waals surface area contributed by atoms with Gasteiger partial charge < -0.3 is 19.7 Å². The Morgan fingerprint density at radius 2 is 1.70 bits per heavy atom. The van der Waals surface area contributed by atoms with Gasteiger partial charge in [-0.1, -0.05) is 36.4 Å². The van der Waals surface area contributed by atoms with Gasteiger partial charge in [-0.15, -0.1) is 0 Å². The molecule has 0 unspecified atom stereocenters. The minimum Gasteiger partial charge on any atom is -0.394 e. The van der Waals surface area contributed by atoms with Gasteiger partial charge >= 0.3 is 0 Å². The standard InChI is InChI=1S/C16H18O4/c17-7-8-19-9-10-20-16-13-6-2-4-11-3-1-5-12(14(11)13)15(16)18/h1-6,15-18H,7-10H2/t15-,16-/m0/s1. The topological polar surface area (TPSA) is 58.9 Å². The first-order valence-corrected chi connectivity index (χ1v) is 6.82. The number of aliphatic hydroxyl groups is 2. The summed E-state index contributed by atoms with van der Waals surface area (Å²) in [6.07, 6.45) is -0.970. The summed E-state index contributed by atoms with van der Waals surface area (Å²) in [7, 11) is 0. The van der Waals surface area contributed by atoms with Crippen molar-refractivity contribution in [3.05, 3.63) is 47.5 Å². The Balaban J connectivity index is 1.77. The highest BCUT2D eigenvalue weighted by atomic mass is 16.5. The first-order valence-electron chi connectivity index (χ1n) is 6.82. The van der Waals surface area contributed by atoms with E-state index in [-0.39, 0.29) is 12.7 Å². The highest BCUT2D eigenvalue weighted by Gasteiger charge is 2.33. The van der Waals surface area contributed by atoms with Crippen molar-refractivity contribution in [1.29, 1.82) is 0 Å². The van der Waals surface area contributed by atoms with Crippen LogP contribution in [0.3, 0.4) is 0 Å². The maximum atomic E-state index is 10.4. The van der Waals surface area contributed by atoms with E-state index in [9.17, 15) is 5.11 Å². The van der Waals surface area contributed by atoms with Crippen LogP contribution in [0, 0.1) is 0 Å². The van der Waals surface area contributed by atoms with Gasteiger partial charge in [-0.05, 0) is 21.9 Å². The zero-order valence-corrected chi connectivity index (χ0v) is 11.2. The van der Waals surface area contributed by atoms with E-state index in [0.29, 0.717) is 19.8 Å². The summed E-state index contributed by atoms with van der Waals surface area (Å²) in [5.41, 5.74) is 1.96. The molecule has 20 heavy (non-hydrogen) atoms. The Morgan fingerprint density at radius 3 is 2.45 bits per heavy atom. The molecule has 0 heterocycles. The summed E-state index contributed by atoms with van der Waals surface area (Å²) in [6, 6.07) is 12.0. The summed E-state index contributed by atoms with van der Waals surface area (Å²) in [5, 5.41) is 21.3. The van der Waals surface area contributed by atoms with Gasteiger partial charge in [-0.3, -0.25) is 0 Å². The van der Waals surface area contributed by atoms with Crippen molar-refractivity contribution in [2.24, 2.45) is 0 Å². The van der Waals surface area contributed by atoms with Gasteiger partial charge in [0.25, 0.3) is 0 Å². The molecule has 2 aromatic carbocycles. The maximum absolute atomic E-state index is 10.4. The van der Waals surface area contributed by atoms with Crippen LogP contribution in [-0.2, 0) is 9.47 Å². The number of hydrogen-bond donors (Lipinski definition) is 2. The van der Waals surface area contributed by atoms with Crippen LogP contribution in [0.4, 0.5) is 0 Å². The quantitative estimate of drug-likeness (QED) is 0.791. The molecular weight excluding hydrogens is 256 g/mol. The van der Waals surface area contributed by atoms with Crippen LogP contribution in [0.2, 0.25) is 0 Å². The van der Waals surface area contributed by atoms with Gasteiger partial charge in [0.1, 0.15) is 12.2 Å². The molecular formula is C16H18O4. The highest BCUT2D eigenvalue weighted by molar-refractivity contribution is 5.91. The van der Waals surface area contributed by atoms with Gasteiger partial charge in [0.15, 0.2) is 0 Å². The van der Waals surface area contributed by atoms with Crippen LogP contribution in [0.1, 0.15) is 23.3 Å². The third kappa shape index (κ3) is 2.31. The Bertz CT molecular complexity index is 591. The Kier molecular flexibility index (Phi) is 3.98. The lowest BCUT2D eigenvalue weighted by Gasteiger charge is -2.17. The average molecular weight is 274 g/mol. The van der Waals surface area contributed by atoms with Crippen molar-refractivity contribution in [3.8, 4) is 0 Å². The molecule has 1 aliphatic carbocycles. The van der Waals surface area contributed by atoms with E-state index in [0.717, 1.165) is 21.9 Å². The zero-order valence-electron chi connectivity index (χ0n) is 11.2. The molecule has 0 amide bonds. The number of benzene rings is 2. The molecule has 2 N–H and O–H groups in total. The summed E-state index contributed by atoms with van der Waals surface area (Å²) < 4.78 is 10.9. The number of ether oxygens (including phenoxy) is 2. The van der Waals surface area contributed by atoms with Crippen molar-refractivity contribution < 1.29 is 19.7 Å².